The van der Waals surface area contributed by atoms with Crippen LogP contribution in [0.25, 0.3) is 0 Å². The molecule has 3 N–H and O–H groups in total. The molecule has 6 aromatic rings. The molecule has 23 heteroatoms. The van der Waals surface area contributed by atoms with Gasteiger partial charge in [-0.3, -0.25) is 14.4 Å². The largest absolute Gasteiger partial charge is 0.352 e. The lowest BCUT2D eigenvalue weighted by Gasteiger charge is -2.27. The third-order valence-electron chi connectivity index (χ3n) is 10.2. The van der Waals surface area contributed by atoms with Gasteiger partial charge < -0.3 is 20.9 Å². The van der Waals surface area contributed by atoms with Crippen molar-refractivity contribution in [2.75, 3.05) is 28.2 Å². The lowest BCUT2D eigenvalue weighted by Crippen LogP contribution is -2.38. The first kappa shape index (κ1) is 50.4. The van der Waals surface area contributed by atoms with Crippen LogP contribution in [0, 0.1) is 34.9 Å². The minimum atomic E-state index is -1.03. The van der Waals surface area contributed by atoms with Crippen molar-refractivity contribution in [1.29, 1.82) is 0 Å². The highest BCUT2D eigenvalue weighted by Gasteiger charge is 2.35. The number of fused-ring (bicyclic) bond motifs is 2. The number of benzene rings is 4. The Morgan fingerprint density at radius 3 is 1.48 bits per heavy atom. The summed E-state index contributed by atoms with van der Waals surface area (Å²) >= 11 is 34.2. The highest BCUT2D eigenvalue weighted by atomic mass is 35.5. The van der Waals surface area contributed by atoms with Crippen molar-refractivity contribution >= 4 is 98.7 Å². The van der Waals surface area contributed by atoms with E-state index in [4.69, 9.17) is 75.3 Å². The normalized spacial score (nSPS) is 13.1. The maximum atomic E-state index is 14.8. The van der Waals surface area contributed by atoms with Gasteiger partial charge >= 0.3 is 0 Å². The second kappa shape index (κ2) is 21.7. The highest BCUT2D eigenvalue weighted by molar-refractivity contribution is 6.40. The summed E-state index contributed by atoms with van der Waals surface area (Å²) in [5.41, 5.74) is 7.63. The van der Waals surface area contributed by atoms with Gasteiger partial charge in [0.15, 0.2) is 46.3 Å². The van der Waals surface area contributed by atoms with Gasteiger partial charge in [0.05, 0.1) is 39.8 Å². The zero-order valence-corrected chi connectivity index (χ0v) is 38.7. The van der Waals surface area contributed by atoms with Gasteiger partial charge in [0.1, 0.15) is 10.3 Å². The van der Waals surface area contributed by atoms with Gasteiger partial charge in [-0.25, -0.2) is 35.7 Å². The van der Waals surface area contributed by atoms with E-state index in [0.29, 0.717) is 28.7 Å². The first-order valence-corrected chi connectivity index (χ1v) is 22.0. The number of anilines is 2. The molecule has 3 amide bonds. The molecule has 0 fully saturated rings. The van der Waals surface area contributed by atoms with Gasteiger partial charge in [-0.2, -0.15) is 10.2 Å². The van der Waals surface area contributed by atoms with Gasteiger partial charge in [-0.05, 0) is 60.4 Å². The Morgan fingerprint density at radius 1 is 0.667 bits per heavy atom. The maximum Gasteiger partial charge on any atom is 0.279 e. The van der Waals surface area contributed by atoms with E-state index < -0.39 is 46.7 Å². The van der Waals surface area contributed by atoms with Crippen LogP contribution in [0.4, 0.5) is 37.7 Å². The number of carbonyl (C=O) groups excluding carboxylic acids is 3. The van der Waals surface area contributed by atoms with Crippen molar-refractivity contribution in [3.63, 3.8) is 0 Å². The Hall–Kier alpha value is -5.01. The van der Waals surface area contributed by atoms with Crippen LogP contribution in [-0.2, 0) is 43.8 Å². The molecule has 0 aliphatic carbocycles. The number of hydrogen-bond acceptors (Lipinski definition) is 6. The van der Waals surface area contributed by atoms with Gasteiger partial charge in [-0.15, -0.1) is 23.2 Å². The number of aromatic nitrogens is 4. The molecule has 0 radical (unpaired) electrons. The van der Waals surface area contributed by atoms with E-state index in [1.807, 2.05) is 0 Å². The predicted octanol–water partition coefficient (Wildman–Crippen LogP) is 10.2. The first-order chi connectivity index (χ1) is 31.4. The maximum absolute atomic E-state index is 14.8. The molecule has 66 heavy (non-hydrogen) atoms. The summed E-state index contributed by atoms with van der Waals surface area (Å²) in [4.78, 5) is 39.8. The fraction of sp³-hybridized carbons (Fsp3) is 0.233. The van der Waals surface area contributed by atoms with Crippen LogP contribution in [0.15, 0.2) is 60.7 Å². The summed E-state index contributed by atoms with van der Waals surface area (Å²) in [6.07, 6.45) is 0.563. The van der Waals surface area contributed by atoms with Gasteiger partial charge in [-0.1, -0.05) is 70.7 Å². The van der Waals surface area contributed by atoms with Crippen LogP contribution in [0.1, 0.15) is 61.3 Å². The van der Waals surface area contributed by atoms with Crippen LogP contribution < -0.4 is 20.9 Å². The van der Waals surface area contributed by atoms with Crippen molar-refractivity contribution in [3.05, 3.63) is 161 Å². The lowest BCUT2D eigenvalue weighted by molar-refractivity contribution is -0.119. The number of hydrogen-bond donors (Lipinski definition) is 2. The van der Waals surface area contributed by atoms with Crippen LogP contribution in [0.3, 0.4) is 0 Å². The third kappa shape index (κ3) is 10.7. The van der Waals surface area contributed by atoms with Crippen LogP contribution >= 0.6 is 69.6 Å². The molecule has 0 atom stereocenters. The topological polar surface area (TPSA) is 131 Å². The summed E-state index contributed by atoms with van der Waals surface area (Å²) in [5.74, 6) is -7.00. The van der Waals surface area contributed by atoms with Crippen LogP contribution in [0.2, 0.25) is 20.4 Å². The molecular formula is C43H34Cl6F6N8O3. The number of alkyl halides is 2. The minimum absolute atomic E-state index is 0.000414. The molecule has 2 aromatic heterocycles. The summed E-state index contributed by atoms with van der Waals surface area (Å²) in [6, 6.07) is 13.2. The first-order valence-electron chi connectivity index (χ1n) is 19.4. The molecule has 11 nitrogen and oxygen atoms in total. The van der Waals surface area contributed by atoms with E-state index in [1.165, 1.54) is 74.6 Å². The average Bonchev–Trinajstić information content (AvgIpc) is 3.78. The number of nitrogens with zero attached hydrogens (tertiary/aromatic N) is 6. The Balaban J connectivity index is 0.000000207. The molecule has 2 aliphatic rings. The van der Waals surface area contributed by atoms with E-state index in [0.717, 1.165) is 12.1 Å². The fourth-order valence-electron chi connectivity index (χ4n) is 7.08. The Kier molecular flexibility index (Phi) is 16.6. The predicted molar refractivity (Wildman–Crippen MR) is 241 cm³/mol. The molecule has 0 spiro atoms. The van der Waals surface area contributed by atoms with Crippen molar-refractivity contribution in [3.8, 4) is 0 Å². The molecule has 0 saturated carbocycles. The molecular weight excluding hydrogens is 1000 g/mol. The molecule has 0 saturated heterocycles. The van der Waals surface area contributed by atoms with Gasteiger partial charge in [0, 0.05) is 55.4 Å². The highest BCUT2D eigenvalue weighted by Crippen LogP contribution is 2.36. The number of halogens is 12. The summed E-state index contributed by atoms with van der Waals surface area (Å²) in [7, 11) is 0. The zero-order valence-electron chi connectivity index (χ0n) is 34.2. The third-order valence-corrected chi connectivity index (χ3v) is 11.6. The SMILES string of the molecule is CC(=O)NCc1cc(Cl)c(F)c(N2CCc3c(nn(Cc4cccc(F)c4F)c3Cl)C2=O)c1.ClCCl.NCc1cc(Cl)c(F)c(N2CCc3c(nn(Cc4cccc(F)c4F)c3Cl)C2=O)c1. The zero-order chi connectivity index (χ0) is 48.1. The quantitative estimate of drug-likeness (QED) is 0.110. The van der Waals surface area contributed by atoms with Crippen molar-refractivity contribution in [2.45, 2.75) is 45.9 Å². The molecule has 0 unspecified atom stereocenters. The molecule has 348 valence electrons. The summed E-state index contributed by atoms with van der Waals surface area (Å²) < 4.78 is 87.0. The van der Waals surface area contributed by atoms with E-state index >= 15 is 0 Å². The summed E-state index contributed by atoms with van der Waals surface area (Å²) in [6.45, 7) is 1.47. The fourth-order valence-corrected chi connectivity index (χ4v) is 8.12. The molecule has 4 aromatic carbocycles. The van der Waals surface area contributed by atoms with Gasteiger partial charge in [0.2, 0.25) is 5.91 Å². The average molecular weight is 1040 g/mol. The minimum Gasteiger partial charge on any atom is -0.352 e. The smallest absolute Gasteiger partial charge is 0.279 e. The van der Waals surface area contributed by atoms with E-state index in [-0.39, 0.29) is 111 Å². The molecule has 2 aliphatic heterocycles. The summed E-state index contributed by atoms with van der Waals surface area (Å²) in [5, 5.41) is 11.1. The van der Waals surface area contributed by atoms with Crippen molar-refractivity contribution in [2.24, 2.45) is 5.73 Å². The van der Waals surface area contributed by atoms with E-state index in [2.05, 4.69) is 15.5 Å². The second-order valence-corrected chi connectivity index (χ2v) is 16.8. The van der Waals surface area contributed by atoms with Crippen LogP contribution in [-0.4, -0.2) is 55.7 Å². The molecule has 0 bridgehead atoms. The monoisotopic (exact) mass is 1030 g/mol. The Labute approximate surface area is 402 Å². The van der Waals surface area contributed by atoms with Crippen LogP contribution in [0.5, 0.6) is 0 Å². The van der Waals surface area contributed by atoms with Crippen molar-refractivity contribution in [1.82, 2.24) is 24.9 Å². The van der Waals surface area contributed by atoms with E-state index in [1.54, 1.807) is 0 Å². The standard InChI is InChI=1S/C22H17Cl2F3N4O2.C20H15Cl2F3N4O.CH2Cl2/c1-11(32)28-9-12-7-15(23)19(27)17(8-12)30-6-5-14-20(22(30)33)29-31(21(14)24)10-13-3-2-4-16(25)18(13)26;21-13-6-10(8-26)7-15(17(13)25)28-5-4-12-18(20(28)30)27-29(19(12)22)9-11-2-1-3-14(23)16(11)24;2-1-3/h2-4,7-8H,5-6,9-10H2,1H3,(H,28,32);1-3,6-7H,4-5,8-9,26H2;1H2. The van der Waals surface area contributed by atoms with Gasteiger partial charge in [0.25, 0.3) is 11.8 Å². The lowest BCUT2D eigenvalue weighted by atomic mass is 10.1. The van der Waals surface area contributed by atoms with E-state index in [9.17, 15) is 40.7 Å². The van der Waals surface area contributed by atoms with Crippen molar-refractivity contribution < 1.29 is 40.7 Å². The Bertz CT molecular complexity index is 2850. The molecule has 8 rings (SSSR count). The second-order valence-electron chi connectivity index (χ2n) is 14.4. The number of rotatable bonds is 9. The Morgan fingerprint density at radius 2 is 1.08 bits per heavy atom. The number of amides is 3. The number of carbonyl (C=O) groups is 3. The number of nitrogens with one attached hydrogen (secondary N) is 1. The number of nitrogens with two attached hydrogens (primary N) is 1. The molecule has 4 heterocycles.